The van der Waals surface area contributed by atoms with Gasteiger partial charge in [0.25, 0.3) is 6.47 Å². The minimum Gasteiger partial charge on any atom is -0.462 e. The highest BCUT2D eigenvalue weighted by Crippen LogP contribution is 2.39. The lowest BCUT2D eigenvalue weighted by Gasteiger charge is -2.35. The molecule has 0 bridgehead atoms. The van der Waals surface area contributed by atoms with Gasteiger partial charge in [-0.2, -0.15) is 0 Å². The Bertz CT molecular complexity index is 454. The van der Waals surface area contributed by atoms with Crippen LogP contribution in [0.1, 0.15) is 58.9 Å². The van der Waals surface area contributed by atoms with Crippen LogP contribution in [0.3, 0.4) is 0 Å². The van der Waals surface area contributed by atoms with Crippen LogP contribution in [0.25, 0.3) is 0 Å². The number of aliphatic hydroxyl groups is 1. The van der Waals surface area contributed by atoms with Gasteiger partial charge < -0.3 is 9.84 Å². The van der Waals surface area contributed by atoms with Crippen molar-refractivity contribution in [3.8, 4) is 0 Å². The SMILES string of the molecule is CC(C)(C)OC=O.CC1CCC(O)(c2ccc(Br)cc2)CC1. The molecule has 2 rings (SSSR count). The van der Waals surface area contributed by atoms with Crippen molar-refractivity contribution in [3.05, 3.63) is 34.3 Å². The lowest BCUT2D eigenvalue weighted by Crippen LogP contribution is -2.30. The molecule has 1 fully saturated rings. The minimum absolute atomic E-state index is 0.318. The number of carbonyl (C=O) groups excluding carboxylic acids is 1. The third-order valence-electron chi connectivity index (χ3n) is 3.88. The van der Waals surface area contributed by atoms with Crippen molar-refractivity contribution in [3.63, 3.8) is 0 Å². The molecule has 0 saturated heterocycles. The van der Waals surface area contributed by atoms with Crippen molar-refractivity contribution in [1.29, 1.82) is 0 Å². The smallest absolute Gasteiger partial charge is 0.293 e. The molecule has 22 heavy (non-hydrogen) atoms. The summed E-state index contributed by atoms with van der Waals surface area (Å²) in [6, 6.07) is 8.07. The summed E-state index contributed by atoms with van der Waals surface area (Å²) in [4.78, 5) is 9.60. The van der Waals surface area contributed by atoms with Crippen LogP contribution in [0.15, 0.2) is 28.7 Å². The first-order valence-corrected chi connectivity index (χ1v) is 8.55. The van der Waals surface area contributed by atoms with Gasteiger partial charge in [-0.05, 0) is 70.1 Å². The van der Waals surface area contributed by atoms with E-state index in [9.17, 15) is 9.90 Å². The Morgan fingerprint density at radius 1 is 1.23 bits per heavy atom. The normalized spacial score (nSPS) is 24.9. The number of hydrogen-bond donors (Lipinski definition) is 1. The zero-order valence-electron chi connectivity index (χ0n) is 13.9. The molecule has 1 aliphatic carbocycles. The summed E-state index contributed by atoms with van der Waals surface area (Å²) in [7, 11) is 0. The van der Waals surface area contributed by atoms with Gasteiger partial charge in [-0.1, -0.05) is 35.0 Å². The van der Waals surface area contributed by atoms with E-state index >= 15 is 0 Å². The van der Waals surface area contributed by atoms with Crippen LogP contribution in [0.5, 0.6) is 0 Å². The Balaban J connectivity index is 0.000000295. The Morgan fingerprint density at radius 3 is 2.09 bits per heavy atom. The summed E-state index contributed by atoms with van der Waals surface area (Å²) < 4.78 is 5.62. The van der Waals surface area contributed by atoms with E-state index in [0.29, 0.717) is 6.47 Å². The zero-order valence-corrected chi connectivity index (χ0v) is 15.5. The van der Waals surface area contributed by atoms with Crippen LogP contribution < -0.4 is 0 Å². The molecule has 0 spiro atoms. The van der Waals surface area contributed by atoms with Crippen LogP contribution in [-0.4, -0.2) is 17.2 Å². The topological polar surface area (TPSA) is 46.5 Å². The summed E-state index contributed by atoms with van der Waals surface area (Å²) in [6.45, 7) is 8.19. The highest BCUT2D eigenvalue weighted by Gasteiger charge is 2.33. The van der Waals surface area contributed by atoms with Gasteiger partial charge in [0.1, 0.15) is 5.60 Å². The Hall–Kier alpha value is -0.870. The van der Waals surface area contributed by atoms with E-state index < -0.39 is 5.60 Å². The summed E-state index contributed by atoms with van der Waals surface area (Å²) in [5, 5.41) is 10.5. The predicted molar refractivity (Wildman–Crippen MR) is 92.6 cm³/mol. The van der Waals surface area contributed by atoms with Gasteiger partial charge >= 0.3 is 0 Å². The standard InChI is InChI=1S/C13H17BrO.C5H10O2/c1-10-6-8-13(15,9-7-10)11-2-4-12(14)5-3-11;1-5(2,3)7-4-6/h2-5,10,15H,6-9H2,1H3;4H,1-3H3. The van der Waals surface area contributed by atoms with Crippen LogP contribution >= 0.6 is 15.9 Å². The predicted octanol–water partition coefficient (Wildman–Crippen LogP) is 4.80. The molecule has 1 aliphatic rings. The second-order valence-corrected chi connectivity index (χ2v) is 7.96. The molecule has 1 aromatic rings. The fourth-order valence-corrected chi connectivity index (χ4v) is 2.70. The largest absolute Gasteiger partial charge is 0.462 e. The van der Waals surface area contributed by atoms with Gasteiger partial charge in [0.2, 0.25) is 0 Å². The first-order chi connectivity index (χ1) is 10.2. The molecule has 0 radical (unpaired) electrons. The zero-order chi connectivity index (χ0) is 16.8. The number of rotatable bonds is 2. The van der Waals surface area contributed by atoms with Crippen LogP contribution in [0.2, 0.25) is 0 Å². The van der Waals surface area contributed by atoms with Crippen molar-refractivity contribution < 1.29 is 14.6 Å². The van der Waals surface area contributed by atoms with Gasteiger partial charge in [0.05, 0.1) is 5.60 Å². The van der Waals surface area contributed by atoms with Crippen molar-refractivity contribution in [1.82, 2.24) is 0 Å². The van der Waals surface area contributed by atoms with Crippen molar-refractivity contribution >= 4 is 22.4 Å². The molecule has 0 aromatic heterocycles. The second kappa shape index (κ2) is 8.11. The Morgan fingerprint density at radius 2 is 1.73 bits per heavy atom. The number of halogens is 1. The average molecular weight is 371 g/mol. The quantitative estimate of drug-likeness (QED) is 0.760. The van der Waals surface area contributed by atoms with Gasteiger partial charge in [-0.25, -0.2) is 0 Å². The Kier molecular flexibility index (Phi) is 7.07. The fourth-order valence-electron chi connectivity index (χ4n) is 2.43. The van der Waals surface area contributed by atoms with Crippen LogP contribution in [0, 0.1) is 5.92 Å². The van der Waals surface area contributed by atoms with E-state index in [1.807, 2.05) is 45.0 Å². The molecule has 1 saturated carbocycles. The van der Waals surface area contributed by atoms with Gasteiger partial charge in [0.15, 0.2) is 0 Å². The lowest BCUT2D eigenvalue weighted by atomic mass is 9.76. The van der Waals surface area contributed by atoms with E-state index in [4.69, 9.17) is 0 Å². The summed E-state index contributed by atoms with van der Waals surface area (Å²) >= 11 is 3.41. The summed E-state index contributed by atoms with van der Waals surface area (Å²) in [5.74, 6) is 0.765. The third kappa shape index (κ3) is 6.49. The van der Waals surface area contributed by atoms with E-state index in [1.54, 1.807) is 0 Å². The van der Waals surface area contributed by atoms with Gasteiger partial charge in [0, 0.05) is 4.47 Å². The molecule has 0 heterocycles. The van der Waals surface area contributed by atoms with Crippen LogP contribution in [0.4, 0.5) is 0 Å². The molecular weight excluding hydrogens is 344 g/mol. The highest BCUT2D eigenvalue weighted by atomic mass is 79.9. The van der Waals surface area contributed by atoms with Crippen molar-refractivity contribution in [2.75, 3.05) is 0 Å². The first kappa shape index (κ1) is 19.2. The molecule has 1 aromatic carbocycles. The maximum Gasteiger partial charge on any atom is 0.293 e. The number of hydrogen-bond acceptors (Lipinski definition) is 3. The molecular formula is C18H27BrO3. The molecule has 0 atom stereocenters. The molecule has 124 valence electrons. The van der Waals surface area contributed by atoms with E-state index in [-0.39, 0.29) is 5.60 Å². The minimum atomic E-state index is -0.576. The molecule has 0 amide bonds. The van der Waals surface area contributed by atoms with Gasteiger partial charge in [-0.15, -0.1) is 0 Å². The molecule has 1 N–H and O–H groups in total. The Labute approximate surface area is 142 Å². The monoisotopic (exact) mass is 370 g/mol. The maximum absolute atomic E-state index is 10.5. The molecule has 0 aliphatic heterocycles. The number of benzene rings is 1. The summed E-state index contributed by atoms with van der Waals surface area (Å²) in [6.07, 6.45) is 4.06. The van der Waals surface area contributed by atoms with Crippen molar-refractivity contribution in [2.45, 2.75) is 64.6 Å². The number of carbonyl (C=O) groups is 1. The van der Waals surface area contributed by atoms with E-state index in [2.05, 4.69) is 27.6 Å². The average Bonchev–Trinajstić information content (AvgIpc) is 2.42. The van der Waals surface area contributed by atoms with E-state index in [1.165, 1.54) is 0 Å². The maximum atomic E-state index is 10.5. The van der Waals surface area contributed by atoms with Gasteiger partial charge in [-0.3, -0.25) is 4.79 Å². The molecule has 4 heteroatoms. The fraction of sp³-hybridized carbons (Fsp3) is 0.611. The molecule has 3 nitrogen and oxygen atoms in total. The van der Waals surface area contributed by atoms with Crippen LogP contribution in [-0.2, 0) is 15.1 Å². The first-order valence-electron chi connectivity index (χ1n) is 7.76. The highest BCUT2D eigenvalue weighted by molar-refractivity contribution is 9.10. The summed E-state index contributed by atoms with van der Waals surface area (Å²) in [5.41, 5.74) is 0.173. The van der Waals surface area contributed by atoms with E-state index in [0.717, 1.165) is 41.6 Å². The third-order valence-corrected chi connectivity index (χ3v) is 4.41. The molecule has 0 unspecified atom stereocenters. The number of ether oxygens (including phenoxy) is 1. The second-order valence-electron chi connectivity index (χ2n) is 7.05. The lowest BCUT2D eigenvalue weighted by molar-refractivity contribution is -0.138. The van der Waals surface area contributed by atoms with Crippen molar-refractivity contribution in [2.24, 2.45) is 5.92 Å².